The third-order valence-electron chi connectivity index (χ3n) is 2.08. The first-order valence-corrected chi connectivity index (χ1v) is 4.39. The third-order valence-corrected chi connectivity index (χ3v) is 2.88. The Kier molecular flexibility index (Phi) is 3.15. The van der Waals surface area contributed by atoms with Crippen LogP contribution >= 0.6 is 23.7 Å². The average Bonchev–Trinajstić information content (AvgIpc) is 2.57. The summed E-state index contributed by atoms with van der Waals surface area (Å²) in [5, 5.41) is 7.52. The van der Waals surface area contributed by atoms with Crippen LogP contribution in [0.2, 0.25) is 0 Å². The maximum atomic E-state index is 13.0. The van der Waals surface area contributed by atoms with Gasteiger partial charge in [0, 0.05) is 0 Å². The van der Waals surface area contributed by atoms with E-state index < -0.39 is 24.3 Å². The number of rotatable bonds is 1. The van der Waals surface area contributed by atoms with E-state index in [9.17, 15) is 8.78 Å². The maximum Gasteiger partial charge on any atom is 0.130 e. The summed E-state index contributed by atoms with van der Waals surface area (Å²) in [7, 11) is 0. The van der Waals surface area contributed by atoms with Crippen molar-refractivity contribution in [3.63, 3.8) is 0 Å². The fraction of sp³-hybridized carbons (Fsp3) is 0.667. The van der Waals surface area contributed by atoms with Gasteiger partial charge in [-0.05, 0) is 0 Å². The second kappa shape index (κ2) is 3.81. The molecule has 7 heteroatoms. The van der Waals surface area contributed by atoms with Crippen LogP contribution in [0.5, 0.6) is 0 Å². The summed E-state index contributed by atoms with van der Waals surface area (Å²) in [5.74, 6) is -0.785. The minimum Gasteiger partial charge on any atom is -0.323 e. The zero-order valence-corrected chi connectivity index (χ0v) is 8.06. The normalized spacial score (nSPS) is 37.8. The van der Waals surface area contributed by atoms with Crippen LogP contribution in [0.4, 0.5) is 8.78 Å². The Morgan fingerprint density at radius 1 is 1.38 bits per heavy atom. The number of aromatic nitrogens is 2. The summed E-state index contributed by atoms with van der Waals surface area (Å²) >= 11 is 1.16. The first-order chi connectivity index (χ1) is 5.72. The Hall–Kier alpha value is -0.330. The molecule has 1 saturated carbocycles. The van der Waals surface area contributed by atoms with Crippen LogP contribution in [0.25, 0.3) is 0 Å². The highest BCUT2D eigenvalue weighted by molar-refractivity contribution is 7.09. The second-order valence-corrected chi connectivity index (χ2v) is 3.63. The van der Waals surface area contributed by atoms with Gasteiger partial charge in [-0.3, -0.25) is 0 Å². The van der Waals surface area contributed by atoms with Crippen molar-refractivity contribution in [2.75, 3.05) is 0 Å². The van der Waals surface area contributed by atoms with Crippen molar-refractivity contribution in [1.29, 1.82) is 0 Å². The molecule has 13 heavy (non-hydrogen) atoms. The molecule has 2 unspecified atom stereocenters. The molecule has 0 spiro atoms. The Bertz CT molecular complexity index is 261. The Morgan fingerprint density at radius 3 is 2.46 bits per heavy atom. The van der Waals surface area contributed by atoms with Crippen LogP contribution in [-0.4, -0.2) is 28.6 Å². The molecule has 1 aromatic rings. The topological polar surface area (TPSA) is 51.8 Å². The lowest BCUT2D eigenvalue weighted by Crippen LogP contribution is -2.58. The van der Waals surface area contributed by atoms with Gasteiger partial charge in [-0.2, -0.15) is 0 Å². The molecule has 2 rings (SSSR count). The predicted octanol–water partition coefficient (Wildman–Crippen LogP) is 1.06. The van der Waals surface area contributed by atoms with Gasteiger partial charge in [0.15, 0.2) is 0 Å². The summed E-state index contributed by atoms with van der Waals surface area (Å²) < 4.78 is 25.9. The second-order valence-electron chi connectivity index (χ2n) is 2.77. The molecule has 0 aliphatic heterocycles. The first kappa shape index (κ1) is 10.7. The molecule has 0 amide bonds. The number of nitrogens with zero attached hydrogens (tertiary/aromatic N) is 2. The van der Waals surface area contributed by atoms with E-state index in [1.54, 1.807) is 0 Å². The van der Waals surface area contributed by atoms with Crippen molar-refractivity contribution in [3.05, 3.63) is 10.5 Å². The Morgan fingerprint density at radius 2 is 2.00 bits per heavy atom. The zero-order chi connectivity index (χ0) is 8.72. The van der Waals surface area contributed by atoms with Gasteiger partial charge in [0.1, 0.15) is 22.9 Å². The predicted molar refractivity (Wildman–Crippen MR) is 47.7 cm³/mol. The van der Waals surface area contributed by atoms with Gasteiger partial charge < -0.3 is 5.73 Å². The van der Waals surface area contributed by atoms with Crippen molar-refractivity contribution in [3.8, 4) is 0 Å². The SMILES string of the molecule is Cl.NC1C(F)C(c2nncs2)C1F. The maximum absolute atomic E-state index is 13.0. The fourth-order valence-corrected chi connectivity index (χ4v) is 2.00. The molecule has 1 aromatic heterocycles. The monoisotopic (exact) mass is 227 g/mol. The first-order valence-electron chi connectivity index (χ1n) is 3.51. The van der Waals surface area contributed by atoms with Gasteiger partial charge >= 0.3 is 0 Å². The molecule has 0 aromatic carbocycles. The van der Waals surface area contributed by atoms with Crippen LogP contribution in [0.3, 0.4) is 0 Å². The number of hydrogen-bond acceptors (Lipinski definition) is 4. The van der Waals surface area contributed by atoms with E-state index in [0.717, 1.165) is 11.3 Å². The van der Waals surface area contributed by atoms with Crippen molar-refractivity contribution < 1.29 is 8.78 Å². The molecule has 2 atom stereocenters. The molecule has 0 radical (unpaired) electrons. The molecule has 74 valence electrons. The lowest BCUT2D eigenvalue weighted by molar-refractivity contribution is 0.0261. The van der Waals surface area contributed by atoms with Crippen LogP contribution < -0.4 is 5.73 Å². The molecule has 1 fully saturated rings. The molecule has 1 aliphatic carbocycles. The van der Waals surface area contributed by atoms with Crippen LogP contribution in [-0.2, 0) is 0 Å². The van der Waals surface area contributed by atoms with Gasteiger partial charge in [0.25, 0.3) is 0 Å². The third kappa shape index (κ3) is 1.53. The Labute approximate surface area is 83.8 Å². The summed E-state index contributed by atoms with van der Waals surface area (Å²) in [6.45, 7) is 0. The molecule has 0 bridgehead atoms. The highest BCUT2D eigenvalue weighted by Crippen LogP contribution is 2.41. The van der Waals surface area contributed by atoms with Gasteiger partial charge in [-0.1, -0.05) is 0 Å². The standard InChI is InChI=1S/C6H7F2N3S.ClH/c7-3-2(4(8)5(3)9)6-11-10-1-12-6;/h1-5H,9H2;1H. The van der Waals surface area contributed by atoms with Gasteiger partial charge in [-0.25, -0.2) is 8.78 Å². The molecule has 1 aliphatic rings. The quantitative estimate of drug-likeness (QED) is 0.781. The summed E-state index contributed by atoms with van der Waals surface area (Å²) in [5.41, 5.74) is 6.63. The van der Waals surface area contributed by atoms with E-state index in [1.165, 1.54) is 5.51 Å². The summed E-state index contributed by atoms with van der Waals surface area (Å²) in [6.07, 6.45) is -2.62. The molecular weight excluding hydrogens is 220 g/mol. The van der Waals surface area contributed by atoms with Crippen molar-refractivity contribution in [2.45, 2.75) is 24.3 Å². The van der Waals surface area contributed by atoms with Gasteiger partial charge in [0.2, 0.25) is 0 Å². The number of alkyl halides is 2. The lowest BCUT2D eigenvalue weighted by atomic mass is 9.77. The van der Waals surface area contributed by atoms with E-state index in [0.29, 0.717) is 5.01 Å². The summed E-state index contributed by atoms with van der Waals surface area (Å²) in [6, 6.07) is -0.987. The average molecular weight is 228 g/mol. The summed E-state index contributed by atoms with van der Waals surface area (Å²) in [4.78, 5) is 0. The number of hydrogen-bond donors (Lipinski definition) is 1. The lowest BCUT2D eigenvalue weighted by Gasteiger charge is -2.39. The number of halogens is 3. The zero-order valence-electron chi connectivity index (χ0n) is 6.43. The highest BCUT2D eigenvalue weighted by Gasteiger charge is 2.52. The molecule has 3 nitrogen and oxygen atoms in total. The molecular formula is C6H8ClF2N3S. The van der Waals surface area contributed by atoms with E-state index in [2.05, 4.69) is 10.2 Å². The van der Waals surface area contributed by atoms with Crippen molar-refractivity contribution in [1.82, 2.24) is 10.2 Å². The van der Waals surface area contributed by atoms with Gasteiger partial charge in [0.05, 0.1) is 12.0 Å². The number of nitrogens with two attached hydrogens (primary N) is 1. The van der Waals surface area contributed by atoms with E-state index in [-0.39, 0.29) is 12.4 Å². The fourth-order valence-electron chi connectivity index (χ4n) is 1.28. The van der Waals surface area contributed by atoms with E-state index in [4.69, 9.17) is 5.73 Å². The van der Waals surface area contributed by atoms with Crippen molar-refractivity contribution in [2.24, 2.45) is 5.73 Å². The highest BCUT2D eigenvalue weighted by atomic mass is 35.5. The molecule has 2 N–H and O–H groups in total. The largest absolute Gasteiger partial charge is 0.323 e. The van der Waals surface area contributed by atoms with Crippen LogP contribution in [0.15, 0.2) is 5.51 Å². The van der Waals surface area contributed by atoms with Gasteiger partial charge in [-0.15, -0.1) is 33.9 Å². The Balaban J connectivity index is 0.000000845. The van der Waals surface area contributed by atoms with Crippen LogP contribution in [0, 0.1) is 0 Å². The van der Waals surface area contributed by atoms with Crippen molar-refractivity contribution >= 4 is 23.7 Å². The molecule has 0 saturated heterocycles. The minimum absolute atomic E-state index is 0. The van der Waals surface area contributed by atoms with E-state index >= 15 is 0 Å². The van der Waals surface area contributed by atoms with Crippen LogP contribution in [0.1, 0.15) is 10.9 Å². The smallest absolute Gasteiger partial charge is 0.130 e. The molecule has 1 heterocycles. The van der Waals surface area contributed by atoms with E-state index in [1.807, 2.05) is 0 Å². The minimum atomic E-state index is -1.31.